The average Bonchev–Trinajstić information content (AvgIpc) is 2.64. The van der Waals surface area contributed by atoms with Gasteiger partial charge in [0.2, 0.25) is 0 Å². The molecule has 6 nitrogen and oxygen atoms in total. The van der Waals surface area contributed by atoms with E-state index in [-0.39, 0.29) is 10.8 Å². The van der Waals surface area contributed by atoms with E-state index in [0.29, 0.717) is 22.0 Å². The molecule has 0 saturated carbocycles. The summed E-state index contributed by atoms with van der Waals surface area (Å²) in [7, 11) is -3.81. The Morgan fingerprint density at radius 1 is 0.962 bits per heavy atom. The molecule has 3 aromatic rings. The number of anilines is 2. The van der Waals surface area contributed by atoms with Gasteiger partial charge in [-0.1, -0.05) is 17.7 Å². The molecule has 26 heavy (non-hydrogen) atoms. The Labute approximate surface area is 155 Å². The van der Waals surface area contributed by atoms with Crippen molar-refractivity contribution in [2.24, 2.45) is 0 Å². The Balaban J connectivity index is 1.79. The molecular formula is C18H14ClN3O3S. The second-order valence-corrected chi connectivity index (χ2v) is 7.45. The van der Waals surface area contributed by atoms with Gasteiger partial charge in [0.05, 0.1) is 10.5 Å². The summed E-state index contributed by atoms with van der Waals surface area (Å²) in [6, 6.07) is 15.5. The van der Waals surface area contributed by atoms with Crippen molar-refractivity contribution < 1.29 is 13.2 Å². The van der Waals surface area contributed by atoms with E-state index in [1.165, 1.54) is 18.3 Å². The van der Waals surface area contributed by atoms with Crippen LogP contribution in [-0.4, -0.2) is 19.3 Å². The smallest absolute Gasteiger partial charge is 0.261 e. The molecule has 3 rings (SSSR count). The molecule has 0 spiro atoms. The Hall–Kier alpha value is -2.90. The molecule has 1 heterocycles. The maximum atomic E-state index is 12.5. The maximum absolute atomic E-state index is 12.5. The van der Waals surface area contributed by atoms with Gasteiger partial charge in [0.25, 0.3) is 15.9 Å². The van der Waals surface area contributed by atoms with Crippen LogP contribution < -0.4 is 10.0 Å². The summed E-state index contributed by atoms with van der Waals surface area (Å²) in [5, 5.41) is 3.16. The highest BCUT2D eigenvalue weighted by atomic mass is 35.5. The van der Waals surface area contributed by atoms with Crippen LogP contribution in [0.2, 0.25) is 5.02 Å². The average molecular weight is 388 g/mol. The summed E-state index contributed by atoms with van der Waals surface area (Å²) < 4.78 is 27.5. The van der Waals surface area contributed by atoms with Crippen molar-refractivity contribution in [3.8, 4) is 0 Å². The van der Waals surface area contributed by atoms with E-state index in [4.69, 9.17) is 11.6 Å². The first kappa shape index (κ1) is 17.9. The summed E-state index contributed by atoms with van der Waals surface area (Å²) in [5.74, 6) is -0.377. The molecule has 0 unspecified atom stereocenters. The first-order chi connectivity index (χ1) is 12.4. The number of nitrogens with zero attached hydrogens (tertiary/aromatic N) is 1. The van der Waals surface area contributed by atoms with Gasteiger partial charge in [-0.15, -0.1) is 0 Å². The zero-order valence-corrected chi connectivity index (χ0v) is 15.0. The standard InChI is InChI=1S/C18H14ClN3O3S/c19-14-6-8-15(9-7-14)22-26(24,25)17-5-1-4-16(11-17)21-18(23)13-3-2-10-20-12-13/h1-12,22H,(H,21,23). The number of hydrogen-bond acceptors (Lipinski definition) is 4. The lowest BCUT2D eigenvalue weighted by Gasteiger charge is -2.10. The van der Waals surface area contributed by atoms with Crippen LogP contribution in [0.25, 0.3) is 0 Å². The van der Waals surface area contributed by atoms with Crippen molar-refractivity contribution in [2.45, 2.75) is 4.90 Å². The highest BCUT2D eigenvalue weighted by molar-refractivity contribution is 7.92. The lowest BCUT2D eigenvalue weighted by molar-refractivity contribution is 0.102. The topological polar surface area (TPSA) is 88.2 Å². The van der Waals surface area contributed by atoms with Crippen LogP contribution >= 0.6 is 11.6 Å². The SMILES string of the molecule is O=C(Nc1cccc(S(=O)(=O)Nc2ccc(Cl)cc2)c1)c1cccnc1. The van der Waals surface area contributed by atoms with E-state index in [0.717, 1.165) is 0 Å². The fourth-order valence-corrected chi connectivity index (χ4v) is 3.40. The third-order valence-corrected chi connectivity index (χ3v) is 5.05. The summed E-state index contributed by atoms with van der Waals surface area (Å²) in [6.07, 6.45) is 2.99. The molecule has 0 fully saturated rings. The van der Waals surface area contributed by atoms with Crippen molar-refractivity contribution >= 4 is 38.9 Å². The lowest BCUT2D eigenvalue weighted by Crippen LogP contribution is -2.15. The van der Waals surface area contributed by atoms with Gasteiger partial charge in [-0.05, 0) is 54.6 Å². The monoisotopic (exact) mass is 387 g/mol. The zero-order valence-electron chi connectivity index (χ0n) is 13.4. The van der Waals surface area contributed by atoms with Crippen molar-refractivity contribution in [1.82, 2.24) is 4.98 Å². The second kappa shape index (κ2) is 7.55. The molecule has 2 N–H and O–H groups in total. The minimum Gasteiger partial charge on any atom is -0.322 e. The molecule has 0 atom stereocenters. The summed E-state index contributed by atoms with van der Waals surface area (Å²) in [5.41, 5.74) is 1.12. The van der Waals surface area contributed by atoms with Gasteiger partial charge in [0.1, 0.15) is 0 Å². The Bertz CT molecular complexity index is 1020. The summed E-state index contributed by atoms with van der Waals surface area (Å²) >= 11 is 5.80. The van der Waals surface area contributed by atoms with E-state index >= 15 is 0 Å². The number of amides is 1. The van der Waals surface area contributed by atoms with Crippen LogP contribution in [0.15, 0.2) is 78.0 Å². The zero-order chi connectivity index (χ0) is 18.6. The number of rotatable bonds is 5. The fourth-order valence-electron chi connectivity index (χ4n) is 2.17. The predicted molar refractivity (Wildman–Crippen MR) is 101 cm³/mol. The quantitative estimate of drug-likeness (QED) is 0.697. The normalized spacial score (nSPS) is 11.0. The molecule has 0 aliphatic rings. The van der Waals surface area contributed by atoms with Crippen molar-refractivity contribution in [1.29, 1.82) is 0 Å². The molecule has 8 heteroatoms. The minimum absolute atomic E-state index is 0.0245. The predicted octanol–water partition coefficient (Wildman–Crippen LogP) is 3.79. The van der Waals surface area contributed by atoms with Crippen LogP contribution in [0.4, 0.5) is 11.4 Å². The number of pyridine rings is 1. The van der Waals surface area contributed by atoms with Crippen LogP contribution in [0.5, 0.6) is 0 Å². The maximum Gasteiger partial charge on any atom is 0.261 e. The number of benzene rings is 2. The van der Waals surface area contributed by atoms with E-state index in [9.17, 15) is 13.2 Å². The van der Waals surface area contributed by atoms with E-state index in [1.54, 1.807) is 54.7 Å². The van der Waals surface area contributed by atoms with Crippen LogP contribution in [0.3, 0.4) is 0 Å². The number of halogens is 1. The second-order valence-electron chi connectivity index (χ2n) is 5.34. The largest absolute Gasteiger partial charge is 0.322 e. The number of carbonyl (C=O) groups is 1. The molecule has 2 aromatic carbocycles. The van der Waals surface area contributed by atoms with Gasteiger partial charge in [-0.3, -0.25) is 14.5 Å². The molecule has 0 aliphatic carbocycles. The van der Waals surface area contributed by atoms with Crippen LogP contribution in [-0.2, 0) is 10.0 Å². The van der Waals surface area contributed by atoms with Gasteiger partial charge >= 0.3 is 0 Å². The van der Waals surface area contributed by atoms with Crippen molar-refractivity contribution in [2.75, 3.05) is 10.0 Å². The number of hydrogen-bond donors (Lipinski definition) is 2. The van der Waals surface area contributed by atoms with Gasteiger partial charge in [-0.25, -0.2) is 8.42 Å². The third-order valence-electron chi connectivity index (χ3n) is 3.42. The van der Waals surface area contributed by atoms with E-state index in [2.05, 4.69) is 15.0 Å². The Morgan fingerprint density at radius 3 is 2.42 bits per heavy atom. The van der Waals surface area contributed by atoms with E-state index in [1.807, 2.05) is 0 Å². The highest BCUT2D eigenvalue weighted by Gasteiger charge is 2.15. The van der Waals surface area contributed by atoms with Gasteiger partial charge in [0.15, 0.2) is 0 Å². The Morgan fingerprint density at radius 2 is 1.73 bits per heavy atom. The highest BCUT2D eigenvalue weighted by Crippen LogP contribution is 2.21. The van der Waals surface area contributed by atoms with Crippen molar-refractivity contribution in [3.63, 3.8) is 0 Å². The molecule has 0 saturated heterocycles. The minimum atomic E-state index is -3.81. The molecule has 132 valence electrons. The molecule has 1 aromatic heterocycles. The van der Waals surface area contributed by atoms with Crippen LogP contribution in [0.1, 0.15) is 10.4 Å². The fraction of sp³-hybridized carbons (Fsp3) is 0. The number of sulfonamides is 1. The first-order valence-electron chi connectivity index (χ1n) is 7.54. The molecule has 1 amide bonds. The molecular weight excluding hydrogens is 374 g/mol. The van der Waals surface area contributed by atoms with Gasteiger partial charge in [0, 0.05) is 28.8 Å². The van der Waals surface area contributed by atoms with Gasteiger partial charge < -0.3 is 5.32 Å². The first-order valence-corrected chi connectivity index (χ1v) is 9.40. The molecule has 0 aliphatic heterocycles. The summed E-state index contributed by atoms with van der Waals surface area (Å²) in [4.78, 5) is 16.1. The molecule has 0 bridgehead atoms. The summed E-state index contributed by atoms with van der Waals surface area (Å²) in [6.45, 7) is 0. The van der Waals surface area contributed by atoms with Gasteiger partial charge in [-0.2, -0.15) is 0 Å². The van der Waals surface area contributed by atoms with E-state index < -0.39 is 10.0 Å². The molecule has 0 radical (unpaired) electrons. The number of nitrogens with one attached hydrogen (secondary N) is 2. The van der Waals surface area contributed by atoms with Crippen molar-refractivity contribution in [3.05, 3.63) is 83.6 Å². The van der Waals surface area contributed by atoms with Crippen LogP contribution in [0, 0.1) is 0 Å². The number of carbonyl (C=O) groups excluding carboxylic acids is 1. The Kier molecular flexibility index (Phi) is 5.20. The third kappa shape index (κ3) is 4.38. The lowest BCUT2D eigenvalue weighted by atomic mass is 10.2. The number of aromatic nitrogens is 1.